The smallest absolute Gasteiger partial charge is 0.248 e. The fourth-order valence-electron chi connectivity index (χ4n) is 3.28. The molecule has 0 saturated carbocycles. The summed E-state index contributed by atoms with van der Waals surface area (Å²) in [4.78, 5) is 76.6. The van der Waals surface area contributed by atoms with E-state index in [0.29, 0.717) is 19.3 Å². The molecule has 0 aromatic heterocycles. The van der Waals surface area contributed by atoms with Crippen molar-refractivity contribution in [3.8, 4) is 0 Å². The summed E-state index contributed by atoms with van der Waals surface area (Å²) in [5, 5.41) is 4.29. The van der Waals surface area contributed by atoms with Gasteiger partial charge in [0.25, 0.3) is 0 Å². The highest BCUT2D eigenvalue weighted by Gasteiger charge is 2.39. The van der Waals surface area contributed by atoms with Crippen LogP contribution in [0.4, 0.5) is 0 Å². The zero-order chi connectivity index (χ0) is 25.8. The van der Waals surface area contributed by atoms with E-state index in [1.807, 2.05) is 0 Å². The van der Waals surface area contributed by atoms with Gasteiger partial charge in [0.2, 0.25) is 35.4 Å². The molecular weight excluding hydrogens is 468 g/mol. The molecule has 2 unspecified atom stereocenters. The molecule has 1 fully saturated rings. The Hall–Kier alpha value is -2.71. The zero-order valence-corrected chi connectivity index (χ0v) is 20.2. The van der Waals surface area contributed by atoms with Crippen molar-refractivity contribution in [3.63, 3.8) is 0 Å². The molecule has 0 aliphatic carbocycles. The fourth-order valence-corrected chi connectivity index (χ4v) is 4.48. The minimum atomic E-state index is -1.04. The summed E-state index contributed by atoms with van der Waals surface area (Å²) >= 11 is 1.06. The average Bonchev–Trinajstić information content (AvgIpc) is 3.01. The first-order valence-electron chi connectivity index (χ1n) is 10.9. The summed E-state index contributed by atoms with van der Waals surface area (Å²) in [5.41, 5.74) is 10.6. The second-order valence-electron chi connectivity index (χ2n) is 8.25. The molecule has 13 nitrogen and oxygen atoms in total. The number of unbranched alkanes of at least 4 members (excludes halogenated alkanes) is 2. The van der Waals surface area contributed by atoms with Crippen LogP contribution in [-0.2, 0) is 33.6 Å². The van der Waals surface area contributed by atoms with Gasteiger partial charge in [0.1, 0.15) is 18.7 Å². The first-order chi connectivity index (χ1) is 16.0. The molecule has 192 valence electrons. The maximum absolute atomic E-state index is 12.6. The quantitative estimate of drug-likeness (QED) is 0.0885. The summed E-state index contributed by atoms with van der Waals surface area (Å²) in [5.74, 6) is 1.73. The van der Waals surface area contributed by atoms with Crippen molar-refractivity contribution < 1.29 is 33.6 Å². The highest BCUT2D eigenvalue weighted by Crippen LogP contribution is 2.26. The van der Waals surface area contributed by atoms with Crippen LogP contribution in [0.1, 0.15) is 46.0 Å². The topological polar surface area (TPSA) is 217 Å². The first kappa shape index (κ1) is 29.3. The Bertz CT molecular complexity index is 779. The third kappa shape index (κ3) is 9.65. The van der Waals surface area contributed by atoms with Gasteiger partial charge in [-0.3, -0.25) is 38.5 Å². The average molecular weight is 503 g/mol. The van der Waals surface area contributed by atoms with Crippen molar-refractivity contribution >= 4 is 47.2 Å². The molecule has 6 amide bonds. The number of hydrogen-bond donors (Lipinski definition) is 5. The molecule has 1 rings (SSSR count). The molecule has 1 aliphatic heterocycles. The number of carbonyl (C=O) groups is 6. The summed E-state index contributed by atoms with van der Waals surface area (Å²) in [6.07, 6.45) is 1.83. The number of carbonyl (C=O) groups excluding carboxylic acids is 6. The van der Waals surface area contributed by atoms with Crippen molar-refractivity contribution in [3.05, 3.63) is 0 Å². The number of hydrogen-bond acceptors (Lipinski definition) is 9. The minimum Gasteiger partial charge on any atom is -0.368 e. The standard InChI is InChI=1S/C20H34N6O7S/c1-11(2)17(19(22)31)25-14(27)6-4-3-5-7-26-16(29)8-13(20(26)32)34-10-12(18(21)30)24-15(28)9-33-23/h11-13,17H,3-10,23H2,1-2H3,(H2,21,30)(H2,22,31)(H,24,28)(H,25,27)/t12?,13?,17-/m0/s1. The van der Waals surface area contributed by atoms with Gasteiger partial charge in [-0.05, 0) is 18.8 Å². The van der Waals surface area contributed by atoms with Crippen molar-refractivity contribution in [1.82, 2.24) is 15.5 Å². The molecule has 0 bridgehead atoms. The number of nitrogens with zero attached hydrogens (tertiary/aromatic N) is 1. The van der Waals surface area contributed by atoms with Gasteiger partial charge in [0.15, 0.2) is 0 Å². The number of likely N-dealkylation sites (tertiary alicyclic amines) is 1. The van der Waals surface area contributed by atoms with Crippen molar-refractivity contribution in [2.75, 3.05) is 18.9 Å². The Labute approximate surface area is 202 Å². The number of primary amides is 2. The predicted octanol–water partition coefficient (Wildman–Crippen LogP) is -2.11. The molecule has 0 aromatic carbocycles. The molecule has 1 saturated heterocycles. The molecule has 14 heteroatoms. The maximum atomic E-state index is 12.6. The van der Waals surface area contributed by atoms with E-state index < -0.39 is 41.7 Å². The van der Waals surface area contributed by atoms with Gasteiger partial charge < -0.3 is 22.1 Å². The lowest BCUT2D eigenvalue weighted by Crippen LogP contribution is -2.48. The van der Waals surface area contributed by atoms with E-state index in [2.05, 4.69) is 15.5 Å². The van der Waals surface area contributed by atoms with E-state index in [1.165, 1.54) is 4.90 Å². The number of imide groups is 1. The van der Waals surface area contributed by atoms with Gasteiger partial charge in [-0.2, -0.15) is 0 Å². The molecule has 0 radical (unpaired) electrons. The predicted molar refractivity (Wildman–Crippen MR) is 123 cm³/mol. The van der Waals surface area contributed by atoms with Crippen LogP contribution in [0.3, 0.4) is 0 Å². The maximum Gasteiger partial charge on any atom is 0.248 e. The highest BCUT2D eigenvalue weighted by molar-refractivity contribution is 8.00. The van der Waals surface area contributed by atoms with Crippen molar-refractivity contribution in [2.24, 2.45) is 23.3 Å². The number of amides is 6. The van der Waals surface area contributed by atoms with Crippen LogP contribution < -0.4 is 28.0 Å². The second-order valence-corrected chi connectivity index (χ2v) is 9.48. The monoisotopic (exact) mass is 502 g/mol. The molecule has 1 heterocycles. The molecule has 1 aliphatic rings. The van der Waals surface area contributed by atoms with Crippen LogP contribution in [0.25, 0.3) is 0 Å². The van der Waals surface area contributed by atoms with Gasteiger partial charge in [0.05, 0.1) is 5.25 Å². The summed E-state index contributed by atoms with van der Waals surface area (Å²) in [7, 11) is 0. The van der Waals surface area contributed by atoms with Crippen molar-refractivity contribution in [1.29, 1.82) is 0 Å². The van der Waals surface area contributed by atoms with Crippen LogP contribution >= 0.6 is 11.8 Å². The fraction of sp³-hybridized carbons (Fsp3) is 0.700. The summed E-state index contributed by atoms with van der Waals surface area (Å²) in [6, 6.07) is -1.76. The van der Waals surface area contributed by atoms with E-state index >= 15 is 0 Å². The van der Waals surface area contributed by atoms with Gasteiger partial charge in [-0.25, -0.2) is 5.90 Å². The largest absolute Gasteiger partial charge is 0.368 e. The van der Waals surface area contributed by atoms with Crippen LogP contribution in [0.5, 0.6) is 0 Å². The SMILES string of the molecule is CC(C)[C@H](NC(=O)CCCCCN1C(=O)CC(SCC(NC(=O)CON)C(N)=O)C1=O)C(N)=O. The van der Waals surface area contributed by atoms with Crippen molar-refractivity contribution in [2.45, 2.75) is 63.3 Å². The van der Waals surface area contributed by atoms with E-state index in [9.17, 15) is 28.8 Å². The van der Waals surface area contributed by atoms with Gasteiger partial charge in [-0.15, -0.1) is 11.8 Å². The third-order valence-corrected chi connectivity index (χ3v) is 6.43. The van der Waals surface area contributed by atoms with E-state index in [0.717, 1.165) is 11.8 Å². The van der Waals surface area contributed by atoms with Crippen LogP contribution in [-0.4, -0.2) is 76.6 Å². The number of nitrogens with two attached hydrogens (primary N) is 3. The Balaban J connectivity index is 2.41. The molecule has 8 N–H and O–H groups in total. The highest BCUT2D eigenvalue weighted by atomic mass is 32.2. The number of thioether (sulfide) groups is 1. The lowest BCUT2D eigenvalue weighted by atomic mass is 10.0. The normalized spacial score (nSPS) is 17.5. The molecule has 34 heavy (non-hydrogen) atoms. The minimum absolute atomic E-state index is 0.0129. The van der Waals surface area contributed by atoms with Gasteiger partial charge in [-0.1, -0.05) is 20.3 Å². The number of nitrogens with one attached hydrogen (secondary N) is 2. The van der Waals surface area contributed by atoms with Crippen LogP contribution in [0.15, 0.2) is 0 Å². The van der Waals surface area contributed by atoms with Crippen LogP contribution in [0.2, 0.25) is 0 Å². The Morgan fingerprint density at radius 2 is 1.74 bits per heavy atom. The van der Waals surface area contributed by atoms with E-state index in [4.69, 9.17) is 17.4 Å². The van der Waals surface area contributed by atoms with Gasteiger partial charge in [0, 0.05) is 25.1 Å². The van der Waals surface area contributed by atoms with E-state index in [1.54, 1.807) is 13.8 Å². The summed E-state index contributed by atoms with van der Waals surface area (Å²) < 4.78 is 0. The van der Waals surface area contributed by atoms with E-state index in [-0.39, 0.29) is 48.8 Å². The lowest BCUT2D eigenvalue weighted by Gasteiger charge is -2.19. The Morgan fingerprint density at radius 1 is 1.06 bits per heavy atom. The molecule has 3 atom stereocenters. The summed E-state index contributed by atoms with van der Waals surface area (Å²) in [6.45, 7) is 3.34. The zero-order valence-electron chi connectivity index (χ0n) is 19.4. The third-order valence-electron chi connectivity index (χ3n) is 5.13. The molecular formula is C20H34N6O7S. The Morgan fingerprint density at radius 3 is 2.29 bits per heavy atom. The van der Waals surface area contributed by atoms with Gasteiger partial charge >= 0.3 is 0 Å². The Kier molecular flexibility index (Phi) is 12.5. The van der Waals surface area contributed by atoms with Crippen LogP contribution in [0, 0.1) is 5.92 Å². The number of rotatable bonds is 16. The second kappa shape index (κ2) is 14.5. The molecule has 0 aromatic rings. The lowest BCUT2D eigenvalue weighted by molar-refractivity contribution is -0.138. The molecule has 0 spiro atoms. The first-order valence-corrected chi connectivity index (χ1v) is 12.0.